The fraction of sp³-hybridized carbons (Fsp3) is 0.477. The van der Waals surface area contributed by atoms with Gasteiger partial charge in [0.2, 0.25) is 11.8 Å². The summed E-state index contributed by atoms with van der Waals surface area (Å²) in [5.74, 6) is 0.622. The number of nitrogens with one attached hydrogen (secondary N) is 4. The van der Waals surface area contributed by atoms with Crippen LogP contribution in [0.5, 0.6) is 0 Å². The number of carbonyl (C=O) groups excluding carboxylic acids is 5. The van der Waals surface area contributed by atoms with Crippen molar-refractivity contribution in [2.75, 3.05) is 47.5 Å². The number of benzene rings is 2. The molecule has 4 N–H and O–H groups in total. The first-order chi connectivity index (χ1) is 29.2. The number of carbonyl (C=O) groups is 5. The Morgan fingerprint density at radius 3 is 1.57 bits per heavy atom. The number of hydrogen-bond donors (Lipinski definition) is 4. The third-order valence-electron chi connectivity index (χ3n) is 12.1. The molecule has 3 aliphatic heterocycles. The van der Waals surface area contributed by atoms with Crippen molar-refractivity contribution in [1.82, 2.24) is 45.3 Å². The second-order valence-corrected chi connectivity index (χ2v) is 16.9. The van der Waals surface area contributed by atoms with Crippen molar-refractivity contribution in [3.05, 3.63) is 72.6 Å². The number of aromatic nitrogens is 4. The fourth-order valence-corrected chi connectivity index (χ4v) is 8.84. The van der Waals surface area contributed by atoms with Gasteiger partial charge in [-0.2, -0.15) is 0 Å². The molecule has 0 saturated carbocycles. The number of H-pyrrole nitrogens is 2. The molecule has 2 aromatic carbocycles. The monoisotopic (exact) mass is 837 g/mol. The van der Waals surface area contributed by atoms with Gasteiger partial charge in [-0.3, -0.25) is 9.59 Å². The predicted molar refractivity (Wildman–Crippen MR) is 225 cm³/mol. The van der Waals surface area contributed by atoms with Gasteiger partial charge in [0.1, 0.15) is 23.7 Å². The summed E-state index contributed by atoms with van der Waals surface area (Å²) in [6.07, 6.45) is 4.03. The van der Waals surface area contributed by atoms with Gasteiger partial charge in [0.05, 0.1) is 57.2 Å². The second kappa shape index (κ2) is 17.7. The highest BCUT2D eigenvalue weighted by Crippen LogP contribution is 2.48. The maximum atomic E-state index is 14.1. The van der Waals surface area contributed by atoms with E-state index in [2.05, 4.69) is 37.7 Å². The average molecular weight is 838 g/mol. The molecule has 4 aromatic rings. The van der Waals surface area contributed by atoms with Crippen LogP contribution in [0.25, 0.3) is 33.6 Å². The van der Waals surface area contributed by atoms with Gasteiger partial charge < -0.3 is 49.5 Å². The van der Waals surface area contributed by atoms with Gasteiger partial charge in [-0.1, -0.05) is 76.2 Å². The molecule has 4 atom stereocenters. The molecule has 2 aromatic heterocycles. The molecule has 1 unspecified atom stereocenters. The quantitative estimate of drug-likeness (QED) is 0.132. The number of nitrogens with zero attached hydrogens (tertiary/aromatic N) is 5. The number of imidazole rings is 2. The first-order valence-corrected chi connectivity index (χ1v) is 20.7. The SMILES string of the molecule is COC(=O)N[C@H](C(=O)N1CC2(CC1c1ncc(-c3ccc(-c4ccc(-c5cnc([C@@H]6CCCN6C(=O)[C@@H](NC(=O)OC)C(C)C)[nH]5)cc4)cc3)[nH]1)CN(C(=O)OC)C2)C(C)C. The summed E-state index contributed by atoms with van der Waals surface area (Å²) < 4.78 is 14.5. The predicted octanol–water partition coefficient (Wildman–Crippen LogP) is 5.90. The zero-order valence-corrected chi connectivity index (χ0v) is 35.7. The van der Waals surface area contributed by atoms with Crippen LogP contribution in [0, 0.1) is 17.3 Å². The molecular formula is C44H55N9O8. The van der Waals surface area contributed by atoms with E-state index in [1.807, 2.05) is 64.1 Å². The van der Waals surface area contributed by atoms with E-state index in [-0.39, 0.29) is 35.1 Å². The summed E-state index contributed by atoms with van der Waals surface area (Å²) in [5.41, 5.74) is 5.22. The molecule has 3 saturated heterocycles. The third-order valence-corrected chi connectivity index (χ3v) is 12.1. The van der Waals surface area contributed by atoms with Gasteiger partial charge in [0.25, 0.3) is 0 Å². The summed E-state index contributed by atoms with van der Waals surface area (Å²) in [7, 11) is 3.90. The van der Waals surface area contributed by atoms with E-state index in [1.54, 1.807) is 27.1 Å². The normalized spacial score (nSPS) is 19.1. The molecule has 61 heavy (non-hydrogen) atoms. The lowest BCUT2D eigenvalue weighted by Gasteiger charge is -2.46. The Morgan fingerprint density at radius 2 is 1.11 bits per heavy atom. The maximum absolute atomic E-state index is 14.1. The van der Waals surface area contributed by atoms with E-state index in [0.717, 1.165) is 46.5 Å². The second-order valence-electron chi connectivity index (χ2n) is 16.9. The van der Waals surface area contributed by atoms with E-state index in [9.17, 15) is 24.0 Å². The molecule has 3 fully saturated rings. The Labute approximate surface area is 354 Å². The van der Waals surface area contributed by atoms with Crippen molar-refractivity contribution in [2.45, 2.75) is 71.1 Å². The Bertz CT molecular complexity index is 2230. The van der Waals surface area contributed by atoms with E-state index < -0.39 is 36.4 Å². The van der Waals surface area contributed by atoms with Crippen LogP contribution in [-0.4, -0.2) is 124 Å². The van der Waals surface area contributed by atoms with Gasteiger partial charge in [0.15, 0.2) is 0 Å². The fourth-order valence-electron chi connectivity index (χ4n) is 8.84. The summed E-state index contributed by atoms with van der Waals surface area (Å²) in [5, 5.41) is 5.40. The van der Waals surface area contributed by atoms with Gasteiger partial charge >= 0.3 is 18.3 Å². The number of rotatable bonds is 11. The molecule has 0 bridgehead atoms. The Balaban J connectivity index is 1.04. The Morgan fingerprint density at radius 1 is 0.656 bits per heavy atom. The lowest BCUT2D eigenvalue weighted by molar-refractivity contribution is -0.136. The van der Waals surface area contributed by atoms with Crippen molar-refractivity contribution in [2.24, 2.45) is 17.3 Å². The van der Waals surface area contributed by atoms with Crippen LogP contribution in [0.15, 0.2) is 60.9 Å². The highest BCUT2D eigenvalue weighted by molar-refractivity contribution is 5.87. The summed E-state index contributed by atoms with van der Waals surface area (Å²) in [6, 6.07) is 14.2. The number of alkyl carbamates (subject to hydrolysis) is 2. The number of likely N-dealkylation sites (tertiary alicyclic amines) is 3. The van der Waals surface area contributed by atoms with Crippen LogP contribution in [0.1, 0.15) is 70.7 Å². The lowest BCUT2D eigenvalue weighted by Crippen LogP contribution is -2.60. The van der Waals surface area contributed by atoms with Crippen molar-refractivity contribution in [3.63, 3.8) is 0 Å². The maximum Gasteiger partial charge on any atom is 0.409 e. The number of aromatic amines is 2. The Kier molecular flexibility index (Phi) is 12.4. The molecule has 7 rings (SSSR count). The van der Waals surface area contributed by atoms with Gasteiger partial charge in [-0.15, -0.1) is 0 Å². The number of hydrogen-bond acceptors (Lipinski definition) is 10. The van der Waals surface area contributed by atoms with E-state index in [0.29, 0.717) is 44.2 Å². The molecule has 1 spiro atoms. The zero-order valence-electron chi connectivity index (χ0n) is 35.7. The molecule has 0 radical (unpaired) electrons. The third kappa shape index (κ3) is 8.77. The topological polar surface area (TPSA) is 204 Å². The summed E-state index contributed by atoms with van der Waals surface area (Å²) in [6.45, 7) is 9.41. The van der Waals surface area contributed by atoms with Gasteiger partial charge in [-0.25, -0.2) is 24.4 Å². The molecule has 0 aliphatic carbocycles. The highest BCUT2D eigenvalue weighted by Gasteiger charge is 2.56. The Hall–Kier alpha value is -6.39. The van der Waals surface area contributed by atoms with E-state index in [1.165, 1.54) is 21.3 Å². The van der Waals surface area contributed by atoms with Gasteiger partial charge in [-0.05, 0) is 53.4 Å². The van der Waals surface area contributed by atoms with Crippen LogP contribution in [0.3, 0.4) is 0 Å². The minimum Gasteiger partial charge on any atom is -0.453 e. The highest BCUT2D eigenvalue weighted by atomic mass is 16.5. The van der Waals surface area contributed by atoms with Crippen LogP contribution >= 0.6 is 0 Å². The smallest absolute Gasteiger partial charge is 0.409 e. The molecule has 17 heteroatoms. The number of methoxy groups -OCH3 is 3. The van der Waals surface area contributed by atoms with Crippen molar-refractivity contribution >= 4 is 30.1 Å². The van der Waals surface area contributed by atoms with Crippen LogP contribution in [0.2, 0.25) is 0 Å². The molecule has 3 aliphatic rings. The standard InChI is InChI=1S/C44H55N9O8/c1-25(2)35(49-41(56)59-5)39(54)52-18-8-9-33(52)37-45-20-31(47-37)29-14-10-27(11-15-29)28-12-16-30(17-13-28)32-21-46-38(48-32)34-19-44(22-51(23-44)43(58)61-7)24-53(34)40(55)36(26(3)4)50-42(57)60-6/h10-17,20-21,25-26,33-36H,8-9,18-19,22-24H2,1-7H3,(H,45,47)(H,46,48)(H,49,56)(H,50,57)/t33-,34?,35-,36-/m0/s1. The lowest BCUT2D eigenvalue weighted by atomic mass is 9.78. The molecule has 324 valence electrons. The molecular weight excluding hydrogens is 783 g/mol. The van der Waals surface area contributed by atoms with Crippen LogP contribution in [-0.2, 0) is 23.8 Å². The largest absolute Gasteiger partial charge is 0.453 e. The van der Waals surface area contributed by atoms with E-state index >= 15 is 0 Å². The molecule has 5 amide bonds. The van der Waals surface area contributed by atoms with Gasteiger partial charge in [0, 0.05) is 31.6 Å². The van der Waals surface area contributed by atoms with Crippen molar-refractivity contribution < 1.29 is 38.2 Å². The number of ether oxygens (including phenoxy) is 3. The van der Waals surface area contributed by atoms with Crippen molar-refractivity contribution in [1.29, 1.82) is 0 Å². The van der Waals surface area contributed by atoms with Crippen LogP contribution < -0.4 is 10.6 Å². The van der Waals surface area contributed by atoms with Crippen molar-refractivity contribution in [3.8, 4) is 33.6 Å². The summed E-state index contributed by atoms with van der Waals surface area (Å²) in [4.78, 5) is 85.7. The van der Waals surface area contributed by atoms with Crippen LogP contribution in [0.4, 0.5) is 14.4 Å². The first-order valence-electron chi connectivity index (χ1n) is 20.7. The molecule has 17 nitrogen and oxygen atoms in total. The first kappa shape index (κ1) is 42.7. The minimum atomic E-state index is -0.808. The van der Waals surface area contributed by atoms with E-state index in [4.69, 9.17) is 19.2 Å². The minimum absolute atomic E-state index is 0.118. The number of amides is 5. The summed E-state index contributed by atoms with van der Waals surface area (Å²) >= 11 is 0. The molecule has 5 heterocycles. The zero-order chi connectivity index (χ0) is 43.6. The average Bonchev–Trinajstić information content (AvgIpc) is 4.09.